The van der Waals surface area contributed by atoms with Gasteiger partial charge in [0, 0.05) is 51.5 Å². The molecule has 0 aromatic carbocycles. The summed E-state index contributed by atoms with van der Waals surface area (Å²) in [4.78, 5) is 5.32. The van der Waals surface area contributed by atoms with Crippen LogP contribution in [0.2, 0.25) is 0 Å². The number of aliphatic hydroxyl groups excluding tert-OH is 1. The average Bonchev–Trinajstić information content (AvgIpc) is 2.71. The summed E-state index contributed by atoms with van der Waals surface area (Å²) in [5, 5.41) is 13.2. The van der Waals surface area contributed by atoms with Gasteiger partial charge >= 0.3 is 0 Å². The predicted molar refractivity (Wildman–Crippen MR) is 59.8 cm³/mol. The van der Waals surface area contributed by atoms with Crippen LogP contribution in [0.15, 0.2) is 18.5 Å². The average molecular weight is 209 g/mol. The van der Waals surface area contributed by atoms with Crippen molar-refractivity contribution in [2.24, 2.45) is 0 Å². The third-order valence-electron chi connectivity index (χ3n) is 2.81. The molecule has 1 unspecified atom stereocenters. The molecule has 0 spiro atoms. The van der Waals surface area contributed by atoms with Gasteiger partial charge in [0.2, 0.25) is 0 Å². The van der Waals surface area contributed by atoms with Crippen molar-refractivity contribution < 1.29 is 5.11 Å². The normalized spacial score (nSPS) is 20.3. The Hall–Kier alpha value is -0.840. The van der Waals surface area contributed by atoms with E-state index in [1.165, 1.54) is 5.56 Å². The molecule has 0 amide bonds. The van der Waals surface area contributed by atoms with Crippen molar-refractivity contribution in [2.45, 2.75) is 12.5 Å². The Balaban J connectivity index is 1.74. The number of aromatic nitrogens is 1. The van der Waals surface area contributed by atoms with E-state index in [-0.39, 0.29) is 6.10 Å². The minimum atomic E-state index is -0.251. The van der Waals surface area contributed by atoms with E-state index in [1.54, 1.807) is 0 Å². The topological polar surface area (TPSA) is 51.3 Å². The fourth-order valence-electron chi connectivity index (χ4n) is 2.01. The molecule has 3 N–H and O–H groups in total. The number of piperazine rings is 1. The molecular weight excluding hydrogens is 190 g/mol. The summed E-state index contributed by atoms with van der Waals surface area (Å²) in [5.74, 6) is 0. The third-order valence-corrected chi connectivity index (χ3v) is 2.81. The van der Waals surface area contributed by atoms with Crippen molar-refractivity contribution in [2.75, 3.05) is 32.7 Å². The maximum atomic E-state index is 9.90. The van der Waals surface area contributed by atoms with E-state index < -0.39 is 0 Å². The Labute approximate surface area is 90.3 Å². The number of aromatic amines is 1. The standard InChI is InChI=1S/C11H19N3O/c15-11(7-10-1-2-13-8-10)9-14-5-3-12-4-6-14/h1-2,8,11-13,15H,3-7,9H2. The largest absolute Gasteiger partial charge is 0.391 e. The molecule has 1 aromatic rings. The van der Waals surface area contributed by atoms with Crippen LogP contribution in [-0.2, 0) is 6.42 Å². The Morgan fingerprint density at radius 3 is 2.87 bits per heavy atom. The van der Waals surface area contributed by atoms with Gasteiger partial charge in [-0.1, -0.05) is 0 Å². The van der Waals surface area contributed by atoms with Crippen molar-refractivity contribution in [3.05, 3.63) is 24.0 Å². The fourth-order valence-corrected chi connectivity index (χ4v) is 2.01. The summed E-state index contributed by atoms with van der Waals surface area (Å²) < 4.78 is 0. The third kappa shape index (κ3) is 3.34. The number of hydrogen-bond donors (Lipinski definition) is 3. The summed E-state index contributed by atoms with van der Waals surface area (Å²) in [6.07, 6.45) is 4.33. The molecule has 0 bridgehead atoms. The maximum absolute atomic E-state index is 9.90. The van der Waals surface area contributed by atoms with Crippen molar-refractivity contribution in [1.29, 1.82) is 0 Å². The second kappa shape index (κ2) is 5.30. The monoisotopic (exact) mass is 209 g/mol. The van der Waals surface area contributed by atoms with Gasteiger partial charge in [-0.05, 0) is 11.6 Å². The summed E-state index contributed by atoms with van der Waals surface area (Å²) in [6, 6.07) is 2.01. The van der Waals surface area contributed by atoms with E-state index in [1.807, 2.05) is 18.5 Å². The Morgan fingerprint density at radius 1 is 1.40 bits per heavy atom. The second-order valence-corrected chi connectivity index (χ2v) is 4.13. The van der Waals surface area contributed by atoms with E-state index in [9.17, 15) is 5.11 Å². The summed E-state index contributed by atoms with van der Waals surface area (Å²) in [7, 11) is 0. The van der Waals surface area contributed by atoms with Crippen LogP contribution in [0.5, 0.6) is 0 Å². The number of nitrogens with one attached hydrogen (secondary N) is 2. The molecule has 1 saturated heterocycles. The fraction of sp³-hybridized carbons (Fsp3) is 0.636. The molecule has 0 radical (unpaired) electrons. The number of hydrogen-bond acceptors (Lipinski definition) is 3. The molecule has 15 heavy (non-hydrogen) atoms. The highest BCUT2D eigenvalue weighted by atomic mass is 16.3. The number of nitrogens with zero attached hydrogens (tertiary/aromatic N) is 1. The Morgan fingerprint density at radius 2 is 2.20 bits per heavy atom. The molecule has 1 aromatic heterocycles. The molecule has 4 heteroatoms. The number of β-amino-alcohol motifs (C(OH)–C–C–N with tert-alkyl or cyclic N) is 1. The molecule has 84 valence electrons. The molecule has 2 heterocycles. The smallest absolute Gasteiger partial charge is 0.0707 e. The maximum Gasteiger partial charge on any atom is 0.0707 e. The van der Waals surface area contributed by atoms with Crippen LogP contribution in [0.1, 0.15) is 5.56 Å². The van der Waals surface area contributed by atoms with E-state index in [4.69, 9.17) is 0 Å². The Kier molecular flexibility index (Phi) is 3.77. The van der Waals surface area contributed by atoms with Gasteiger partial charge in [-0.25, -0.2) is 0 Å². The van der Waals surface area contributed by atoms with E-state index in [0.29, 0.717) is 0 Å². The molecule has 0 saturated carbocycles. The van der Waals surface area contributed by atoms with Crippen LogP contribution in [0, 0.1) is 0 Å². The molecule has 0 aliphatic carbocycles. The summed E-state index contributed by atoms with van der Waals surface area (Å²) >= 11 is 0. The quantitative estimate of drug-likeness (QED) is 0.645. The van der Waals surface area contributed by atoms with Gasteiger partial charge in [0.1, 0.15) is 0 Å². The first kappa shape index (κ1) is 10.7. The number of aliphatic hydroxyl groups is 1. The minimum absolute atomic E-state index is 0.251. The van der Waals surface area contributed by atoms with Crippen LogP contribution in [0.4, 0.5) is 0 Å². The van der Waals surface area contributed by atoms with E-state index >= 15 is 0 Å². The molecule has 1 fully saturated rings. The van der Waals surface area contributed by atoms with Gasteiger partial charge in [0.25, 0.3) is 0 Å². The SMILES string of the molecule is OC(Cc1cc[nH]c1)CN1CCNCC1. The van der Waals surface area contributed by atoms with Gasteiger partial charge in [0.05, 0.1) is 6.10 Å². The first-order valence-corrected chi connectivity index (χ1v) is 5.57. The molecule has 4 nitrogen and oxygen atoms in total. The lowest BCUT2D eigenvalue weighted by Gasteiger charge is -2.28. The molecular formula is C11H19N3O. The zero-order valence-corrected chi connectivity index (χ0v) is 8.95. The number of H-pyrrole nitrogens is 1. The lowest BCUT2D eigenvalue weighted by atomic mass is 10.1. The lowest BCUT2D eigenvalue weighted by Crippen LogP contribution is -2.46. The molecule has 2 rings (SSSR count). The zero-order chi connectivity index (χ0) is 10.5. The van der Waals surface area contributed by atoms with Gasteiger partial charge in [0.15, 0.2) is 0 Å². The van der Waals surface area contributed by atoms with Crippen molar-refractivity contribution in [1.82, 2.24) is 15.2 Å². The first-order valence-electron chi connectivity index (χ1n) is 5.57. The van der Waals surface area contributed by atoms with Crippen molar-refractivity contribution in [3.63, 3.8) is 0 Å². The van der Waals surface area contributed by atoms with Crippen LogP contribution in [0.3, 0.4) is 0 Å². The number of rotatable bonds is 4. The van der Waals surface area contributed by atoms with Gasteiger partial charge < -0.3 is 15.4 Å². The van der Waals surface area contributed by atoms with Crippen LogP contribution in [0.25, 0.3) is 0 Å². The van der Waals surface area contributed by atoms with Crippen molar-refractivity contribution in [3.8, 4) is 0 Å². The van der Waals surface area contributed by atoms with Crippen LogP contribution in [-0.4, -0.2) is 53.8 Å². The van der Waals surface area contributed by atoms with Crippen LogP contribution < -0.4 is 5.32 Å². The summed E-state index contributed by atoms with van der Waals surface area (Å²) in [6.45, 7) is 4.95. The van der Waals surface area contributed by atoms with Crippen LogP contribution >= 0.6 is 0 Å². The van der Waals surface area contributed by atoms with Gasteiger partial charge in [-0.3, -0.25) is 4.90 Å². The lowest BCUT2D eigenvalue weighted by molar-refractivity contribution is 0.105. The molecule has 1 aliphatic heterocycles. The summed E-state index contributed by atoms with van der Waals surface area (Å²) in [5.41, 5.74) is 1.18. The predicted octanol–water partition coefficient (Wildman–Crippen LogP) is -0.177. The Bertz CT molecular complexity index is 267. The van der Waals surface area contributed by atoms with Gasteiger partial charge in [-0.2, -0.15) is 0 Å². The van der Waals surface area contributed by atoms with E-state index in [0.717, 1.165) is 39.1 Å². The highest BCUT2D eigenvalue weighted by molar-refractivity contribution is 5.09. The van der Waals surface area contributed by atoms with E-state index in [2.05, 4.69) is 15.2 Å². The molecule has 1 aliphatic rings. The zero-order valence-electron chi connectivity index (χ0n) is 8.95. The van der Waals surface area contributed by atoms with Gasteiger partial charge in [-0.15, -0.1) is 0 Å². The minimum Gasteiger partial charge on any atom is -0.391 e. The van der Waals surface area contributed by atoms with Crippen molar-refractivity contribution >= 4 is 0 Å². The second-order valence-electron chi connectivity index (χ2n) is 4.13. The molecule has 1 atom stereocenters. The highest BCUT2D eigenvalue weighted by Gasteiger charge is 2.14. The highest BCUT2D eigenvalue weighted by Crippen LogP contribution is 2.04. The first-order chi connectivity index (χ1) is 7.34.